The fourth-order valence-electron chi connectivity index (χ4n) is 4.53. The van der Waals surface area contributed by atoms with E-state index in [4.69, 9.17) is 4.98 Å². The fourth-order valence-corrected chi connectivity index (χ4v) is 4.53. The van der Waals surface area contributed by atoms with Crippen molar-refractivity contribution in [3.8, 4) is 0 Å². The van der Waals surface area contributed by atoms with Crippen molar-refractivity contribution in [3.05, 3.63) is 112 Å². The number of H-pyrrole nitrogens is 1. The van der Waals surface area contributed by atoms with E-state index in [0.29, 0.717) is 17.4 Å². The molecule has 3 aromatic carbocycles. The molecule has 0 fully saturated rings. The van der Waals surface area contributed by atoms with Crippen LogP contribution in [0.2, 0.25) is 0 Å². The molecule has 0 aliphatic carbocycles. The zero-order valence-electron chi connectivity index (χ0n) is 22.3. The summed E-state index contributed by atoms with van der Waals surface area (Å²) < 4.78 is 0. The highest BCUT2D eigenvalue weighted by atomic mass is 16.1. The molecule has 0 amide bonds. The predicted molar refractivity (Wildman–Crippen MR) is 159 cm³/mol. The van der Waals surface area contributed by atoms with Gasteiger partial charge in [0.15, 0.2) is 5.43 Å². The van der Waals surface area contributed by atoms with Gasteiger partial charge in [0, 0.05) is 21.7 Å². The minimum Gasteiger partial charge on any atom is -0.354 e. The maximum atomic E-state index is 13.2. The standard InChI is InChI=1S/C29H24N2O.2C2H6/c1-5-22-28(31-25-12-8-9-17(2)26(25)29(22)32)19(4)15-20-14-13-18(3)27-23(20)16-21-10-6-7-11-24(21)30-27;2*1-2/h5-14,16H,1,4,15H2,2-3H3,(H,31,32);2*1-2H3. The van der Waals surface area contributed by atoms with E-state index in [9.17, 15) is 4.79 Å². The lowest BCUT2D eigenvalue weighted by Gasteiger charge is -2.15. The van der Waals surface area contributed by atoms with Gasteiger partial charge in [-0.2, -0.15) is 0 Å². The SMILES string of the molecule is C=Cc1c(C(=C)Cc2ccc(C)c3nc4ccccc4cc23)[nH]c2cccc(C)c2c1=O.CC.CC. The van der Waals surface area contributed by atoms with Gasteiger partial charge in [0.1, 0.15) is 0 Å². The van der Waals surface area contributed by atoms with Crippen LogP contribution in [0.1, 0.15) is 55.6 Å². The molecule has 0 radical (unpaired) electrons. The number of fused-ring (bicyclic) bond motifs is 3. The van der Waals surface area contributed by atoms with Gasteiger partial charge in [0.05, 0.1) is 22.2 Å². The van der Waals surface area contributed by atoms with Gasteiger partial charge in [-0.15, -0.1) is 0 Å². The first-order chi connectivity index (χ1) is 17.5. The fraction of sp³-hybridized carbons (Fsp3) is 0.212. The number of aromatic nitrogens is 2. The first-order valence-electron chi connectivity index (χ1n) is 12.7. The molecule has 5 aromatic rings. The third-order valence-electron chi connectivity index (χ3n) is 6.21. The smallest absolute Gasteiger partial charge is 0.197 e. The summed E-state index contributed by atoms with van der Waals surface area (Å²) in [5.74, 6) is 0. The number of nitrogens with zero attached hydrogens (tertiary/aromatic N) is 1. The van der Waals surface area contributed by atoms with Gasteiger partial charge in [-0.25, -0.2) is 4.98 Å². The van der Waals surface area contributed by atoms with Crippen LogP contribution >= 0.6 is 0 Å². The van der Waals surface area contributed by atoms with E-state index in [-0.39, 0.29) is 5.43 Å². The Bertz CT molecular complexity index is 1620. The number of hydrogen-bond donors (Lipinski definition) is 1. The molecule has 2 heterocycles. The first-order valence-corrected chi connectivity index (χ1v) is 12.7. The number of nitrogens with one attached hydrogen (secondary N) is 1. The van der Waals surface area contributed by atoms with Crippen molar-refractivity contribution < 1.29 is 0 Å². The van der Waals surface area contributed by atoms with Crippen LogP contribution in [0.3, 0.4) is 0 Å². The summed E-state index contributed by atoms with van der Waals surface area (Å²) in [5, 5.41) is 2.93. The summed E-state index contributed by atoms with van der Waals surface area (Å²) in [4.78, 5) is 21.6. The second kappa shape index (κ2) is 11.6. The first kappa shape index (κ1) is 26.6. The summed E-state index contributed by atoms with van der Waals surface area (Å²) >= 11 is 0. The molecule has 1 N–H and O–H groups in total. The van der Waals surface area contributed by atoms with Crippen molar-refractivity contribution in [1.29, 1.82) is 0 Å². The van der Waals surface area contributed by atoms with Crippen LogP contribution in [-0.2, 0) is 6.42 Å². The van der Waals surface area contributed by atoms with Crippen LogP contribution in [0.25, 0.3) is 44.4 Å². The summed E-state index contributed by atoms with van der Waals surface area (Å²) in [5.41, 5.74) is 8.17. The molecular formula is C33H36N2O. The summed E-state index contributed by atoms with van der Waals surface area (Å²) in [6, 6.07) is 20.5. The second-order valence-corrected chi connectivity index (χ2v) is 8.34. The van der Waals surface area contributed by atoms with Gasteiger partial charge in [0.2, 0.25) is 0 Å². The van der Waals surface area contributed by atoms with Crippen LogP contribution in [0.5, 0.6) is 0 Å². The monoisotopic (exact) mass is 476 g/mol. The second-order valence-electron chi connectivity index (χ2n) is 8.34. The Morgan fingerprint density at radius 3 is 2.39 bits per heavy atom. The Kier molecular flexibility index (Phi) is 8.60. The van der Waals surface area contributed by atoms with Gasteiger partial charge in [-0.1, -0.05) is 89.4 Å². The molecule has 184 valence electrons. The highest BCUT2D eigenvalue weighted by Gasteiger charge is 2.15. The third kappa shape index (κ3) is 4.87. The van der Waals surface area contributed by atoms with E-state index in [1.807, 2.05) is 71.0 Å². The lowest BCUT2D eigenvalue weighted by molar-refractivity contribution is 1.22. The van der Waals surface area contributed by atoms with Crippen molar-refractivity contribution in [2.24, 2.45) is 0 Å². The molecule has 0 bridgehead atoms. The highest BCUT2D eigenvalue weighted by molar-refractivity contribution is 5.97. The number of hydrogen-bond acceptors (Lipinski definition) is 2. The van der Waals surface area contributed by atoms with Crippen LogP contribution < -0.4 is 5.43 Å². The molecule has 0 saturated carbocycles. The lowest BCUT2D eigenvalue weighted by atomic mass is 9.94. The molecule has 0 aliphatic heterocycles. The minimum atomic E-state index is -0.00979. The lowest BCUT2D eigenvalue weighted by Crippen LogP contribution is -2.13. The van der Waals surface area contributed by atoms with Crippen LogP contribution in [0, 0.1) is 13.8 Å². The Hall–Kier alpha value is -3.98. The predicted octanol–water partition coefficient (Wildman–Crippen LogP) is 8.80. The maximum Gasteiger partial charge on any atom is 0.197 e. The molecule has 0 unspecified atom stereocenters. The largest absolute Gasteiger partial charge is 0.354 e. The highest BCUT2D eigenvalue weighted by Crippen LogP contribution is 2.29. The Morgan fingerprint density at radius 2 is 1.67 bits per heavy atom. The molecule has 2 aromatic heterocycles. The normalized spacial score (nSPS) is 10.4. The molecule has 0 saturated heterocycles. The van der Waals surface area contributed by atoms with Crippen LogP contribution in [0.4, 0.5) is 0 Å². The maximum absolute atomic E-state index is 13.2. The number of aryl methyl sites for hydroxylation is 2. The summed E-state index contributed by atoms with van der Waals surface area (Å²) in [7, 11) is 0. The van der Waals surface area contributed by atoms with Crippen molar-refractivity contribution in [2.45, 2.75) is 48.0 Å². The summed E-state index contributed by atoms with van der Waals surface area (Å²) in [6.45, 7) is 20.3. The van der Waals surface area contributed by atoms with Crippen LogP contribution in [0.15, 0.2) is 78.6 Å². The molecule has 0 aliphatic rings. The zero-order chi connectivity index (χ0) is 26.4. The van der Waals surface area contributed by atoms with Gasteiger partial charge in [-0.05, 0) is 60.7 Å². The van der Waals surface area contributed by atoms with E-state index < -0.39 is 0 Å². The third-order valence-corrected chi connectivity index (χ3v) is 6.21. The number of para-hydroxylation sites is 1. The number of aromatic amines is 1. The van der Waals surface area contributed by atoms with Gasteiger partial charge >= 0.3 is 0 Å². The average Bonchev–Trinajstić information content (AvgIpc) is 2.91. The van der Waals surface area contributed by atoms with Gasteiger partial charge in [0.25, 0.3) is 0 Å². The molecule has 0 spiro atoms. The zero-order valence-corrected chi connectivity index (χ0v) is 22.3. The number of rotatable bonds is 4. The number of pyridine rings is 2. The quantitative estimate of drug-likeness (QED) is 0.263. The summed E-state index contributed by atoms with van der Waals surface area (Å²) in [6.07, 6.45) is 2.23. The Labute approximate surface area is 214 Å². The van der Waals surface area contributed by atoms with Crippen molar-refractivity contribution in [2.75, 3.05) is 0 Å². The van der Waals surface area contributed by atoms with Gasteiger partial charge < -0.3 is 4.98 Å². The van der Waals surface area contributed by atoms with E-state index in [2.05, 4.69) is 49.3 Å². The topological polar surface area (TPSA) is 45.8 Å². The molecule has 36 heavy (non-hydrogen) atoms. The molecule has 0 atom stereocenters. The number of benzene rings is 3. The van der Waals surface area contributed by atoms with Gasteiger partial charge in [-0.3, -0.25) is 4.79 Å². The van der Waals surface area contributed by atoms with E-state index in [1.54, 1.807) is 6.08 Å². The molecule has 5 rings (SSSR count). The minimum absolute atomic E-state index is 0.00979. The van der Waals surface area contributed by atoms with E-state index >= 15 is 0 Å². The molecule has 3 nitrogen and oxygen atoms in total. The van der Waals surface area contributed by atoms with Crippen LogP contribution in [-0.4, -0.2) is 9.97 Å². The molecule has 3 heteroatoms. The van der Waals surface area contributed by atoms with Crippen molar-refractivity contribution in [3.63, 3.8) is 0 Å². The van der Waals surface area contributed by atoms with Crippen molar-refractivity contribution in [1.82, 2.24) is 9.97 Å². The number of allylic oxidation sites excluding steroid dienone is 1. The van der Waals surface area contributed by atoms with E-state index in [1.165, 1.54) is 0 Å². The Balaban J connectivity index is 0.000000861. The Morgan fingerprint density at radius 1 is 0.944 bits per heavy atom. The average molecular weight is 477 g/mol. The van der Waals surface area contributed by atoms with E-state index in [0.717, 1.165) is 55.3 Å². The van der Waals surface area contributed by atoms with Crippen molar-refractivity contribution >= 4 is 44.4 Å². The molecular weight excluding hydrogens is 440 g/mol.